The van der Waals surface area contributed by atoms with Crippen LogP contribution in [0.3, 0.4) is 0 Å². The van der Waals surface area contributed by atoms with Gasteiger partial charge in [-0.25, -0.2) is 0 Å². The summed E-state index contributed by atoms with van der Waals surface area (Å²) in [6.45, 7) is 7.24. The quantitative estimate of drug-likeness (QED) is 0.715. The molecule has 2 heteroatoms. The van der Waals surface area contributed by atoms with E-state index in [2.05, 4.69) is 11.8 Å². The van der Waals surface area contributed by atoms with Crippen LogP contribution in [0, 0.1) is 5.92 Å². The van der Waals surface area contributed by atoms with Crippen LogP contribution in [0.15, 0.2) is 0 Å². The molecule has 0 bridgehead atoms. The van der Waals surface area contributed by atoms with Crippen molar-refractivity contribution in [1.82, 2.24) is 4.90 Å². The second kappa shape index (κ2) is 8.55. The van der Waals surface area contributed by atoms with Crippen molar-refractivity contribution in [2.24, 2.45) is 5.92 Å². The van der Waals surface area contributed by atoms with Gasteiger partial charge >= 0.3 is 0 Å². The molecule has 18 heavy (non-hydrogen) atoms. The minimum absolute atomic E-state index is 0.362. The third-order valence-corrected chi connectivity index (χ3v) is 4.34. The van der Waals surface area contributed by atoms with E-state index < -0.39 is 0 Å². The third-order valence-electron chi connectivity index (χ3n) is 4.34. The fourth-order valence-corrected chi connectivity index (χ4v) is 3.30. The Hall–Kier alpha value is -0.530. The highest BCUT2D eigenvalue weighted by atomic mass is 16.2. The van der Waals surface area contributed by atoms with Crippen molar-refractivity contribution in [2.45, 2.75) is 84.6 Å². The molecule has 1 aliphatic carbocycles. The number of rotatable bonds is 2. The summed E-state index contributed by atoms with van der Waals surface area (Å²) in [6, 6.07) is 0.545. The summed E-state index contributed by atoms with van der Waals surface area (Å²) in [7, 11) is 0. The first-order chi connectivity index (χ1) is 8.83. The van der Waals surface area contributed by atoms with Gasteiger partial charge in [0.25, 0.3) is 0 Å². The summed E-state index contributed by atoms with van der Waals surface area (Å²) in [4.78, 5) is 14.7. The van der Waals surface area contributed by atoms with Gasteiger partial charge in [0.05, 0.1) is 0 Å². The molecule has 106 valence electrons. The van der Waals surface area contributed by atoms with Crippen LogP contribution in [0.5, 0.6) is 0 Å². The molecule has 1 saturated heterocycles. The van der Waals surface area contributed by atoms with Gasteiger partial charge in [-0.1, -0.05) is 40.0 Å². The Bertz CT molecular complexity index is 233. The Balaban J connectivity index is 0.000000771. The van der Waals surface area contributed by atoms with Gasteiger partial charge in [-0.2, -0.15) is 0 Å². The molecule has 0 aromatic rings. The minimum atomic E-state index is 0.362. The van der Waals surface area contributed by atoms with E-state index in [0.29, 0.717) is 17.9 Å². The summed E-state index contributed by atoms with van der Waals surface area (Å²) in [5, 5.41) is 0. The van der Waals surface area contributed by atoms with Gasteiger partial charge in [0.1, 0.15) is 0 Å². The maximum absolute atomic E-state index is 12.4. The average molecular weight is 253 g/mol. The Morgan fingerprint density at radius 1 is 1.00 bits per heavy atom. The highest BCUT2D eigenvalue weighted by Gasteiger charge is 2.30. The number of hydrogen-bond acceptors (Lipinski definition) is 1. The number of hydrogen-bond donors (Lipinski definition) is 0. The number of nitrogens with zero attached hydrogens (tertiary/aromatic N) is 1. The van der Waals surface area contributed by atoms with E-state index in [4.69, 9.17) is 0 Å². The zero-order valence-electron chi connectivity index (χ0n) is 12.6. The van der Waals surface area contributed by atoms with Crippen LogP contribution >= 0.6 is 0 Å². The molecule has 0 N–H and O–H groups in total. The summed E-state index contributed by atoms with van der Waals surface area (Å²) < 4.78 is 0. The Kier molecular flexibility index (Phi) is 7.38. The first-order valence-corrected chi connectivity index (χ1v) is 8.13. The van der Waals surface area contributed by atoms with E-state index in [9.17, 15) is 4.79 Å². The van der Waals surface area contributed by atoms with Crippen molar-refractivity contribution in [3.8, 4) is 0 Å². The van der Waals surface area contributed by atoms with Crippen LogP contribution < -0.4 is 0 Å². The maximum Gasteiger partial charge on any atom is 0.225 e. The summed E-state index contributed by atoms with van der Waals surface area (Å²) in [5.41, 5.74) is 0. The van der Waals surface area contributed by atoms with Crippen LogP contribution in [0.4, 0.5) is 0 Å². The number of amides is 1. The lowest BCUT2D eigenvalue weighted by molar-refractivity contribution is -0.140. The van der Waals surface area contributed by atoms with Crippen LogP contribution in [0.2, 0.25) is 0 Å². The van der Waals surface area contributed by atoms with Crippen LogP contribution in [-0.4, -0.2) is 23.4 Å². The van der Waals surface area contributed by atoms with Gasteiger partial charge in [-0.3, -0.25) is 4.79 Å². The van der Waals surface area contributed by atoms with E-state index >= 15 is 0 Å². The molecule has 1 saturated carbocycles. The molecule has 2 fully saturated rings. The molecular weight excluding hydrogens is 222 g/mol. The fraction of sp³-hybridized carbons (Fsp3) is 0.938. The SMILES string of the molecule is CC.CCC1CCCCN1C(=O)C1CCCCC1. The largest absolute Gasteiger partial charge is 0.339 e. The normalized spacial score (nSPS) is 25.3. The van der Waals surface area contributed by atoms with Gasteiger partial charge in [0, 0.05) is 18.5 Å². The smallest absolute Gasteiger partial charge is 0.225 e. The lowest BCUT2D eigenvalue weighted by atomic mass is 9.87. The molecule has 1 unspecified atom stereocenters. The minimum Gasteiger partial charge on any atom is -0.339 e. The first kappa shape index (κ1) is 15.5. The lowest BCUT2D eigenvalue weighted by Gasteiger charge is -2.38. The van der Waals surface area contributed by atoms with E-state index in [1.54, 1.807) is 0 Å². The molecule has 2 nitrogen and oxygen atoms in total. The predicted octanol–water partition coefficient (Wildman–Crippen LogP) is 4.38. The van der Waals surface area contributed by atoms with E-state index in [-0.39, 0.29) is 0 Å². The number of piperidine rings is 1. The van der Waals surface area contributed by atoms with Crippen molar-refractivity contribution in [3.63, 3.8) is 0 Å². The number of carbonyl (C=O) groups is 1. The topological polar surface area (TPSA) is 20.3 Å². The zero-order chi connectivity index (χ0) is 13.4. The molecule has 1 aliphatic heterocycles. The molecule has 1 atom stereocenters. The molecule has 0 aromatic carbocycles. The summed E-state index contributed by atoms with van der Waals surface area (Å²) >= 11 is 0. The van der Waals surface area contributed by atoms with Crippen LogP contribution in [0.1, 0.15) is 78.6 Å². The Morgan fingerprint density at radius 3 is 2.22 bits per heavy atom. The lowest BCUT2D eigenvalue weighted by Crippen LogP contribution is -2.46. The molecule has 0 spiro atoms. The molecule has 0 radical (unpaired) electrons. The van der Waals surface area contributed by atoms with Crippen molar-refractivity contribution >= 4 is 5.91 Å². The molecule has 2 aliphatic rings. The van der Waals surface area contributed by atoms with Crippen molar-refractivity contribution in [3.05, 3.63) is 0 Å². The average Bonchev–Trinajstić information content (AvgIpc) is 2.49. The standard InChI is InChI=1S/C14H25NO.C2H6/c1-2-13-10-6-7-11-15(13)14(16)12-8-4-3-5-9-12;1-2/h12-13H,2-11H2,1H3;1-2H3. The predicted molar refractivity (Wildman–Crippen MR) is 77.6 cm³/mol. The first-order valence-electron chi connectivity index (χ1n) is 8.13. The summed E-state index contributed by atoms with van der Waals surface area (Å²) in [5.74, 6) is 0.840. The van der Waals surface area contributed by atoms with Gasteiger partial charge in [0.2, 0.25) is 5.91 Å². The van der Waals surface area contributed by atoms with Crippen molar-refractivity contribution in [1.29, 1.82) is 0 Å². The molecule has 2 rings (SSSR count). The van der Waals surface area contributed by atoms with Gasteiger partial charge in [-0.05, 0) is 38.5 Å². The third kappa shape index (κ3) is 4.00. The van der Waals surface area contributed by atoms with Crippen LogP contribution in [-0.2, 0) is 4.79 Å². The van der Waals surface area contributed by atoms with E-state index in [1.807, 2.05) is 13.8 Å². The maximum atomic E-state index is 12.4. The van der Waals surface area contributed by atoms with Crippen molar-refractivity contribution in [2.75, 3.05) is 6.54 Å². The number of carbonyl (C=O) groups excluding carboxylic acids is 1. The highest BCUT2D eigenvalue weighted by Crippen LogP contribution is 2.28. The molecular formula is C16H31NO. The molecule has 0 aromatic heterocycles. The molecule has 1 amide bonds. The van der Waals surface area contributed by atoms with Crippen molar-refractivity contribution < 1.29 is 4.79 Å². The van der Waals surface area contributed by atoms with Crippen LogP contribution in [0.25, 0.3) is 0 Å². The zero-order valence-corrected chi connectivity index (χ0v) is 12.6. The fourth-order valence-electron chi connectivity index (χ4n) is 3.30. The number of likely N-dealkylation sites (tertiary alicyclic amines) is 1. The highest BCUT2D eigenvalue weighted by molar-refractivity contribution is 5.79. The van der Waals surface area contributed by atoms with Gasteiger partial charge in [-0.15, -0.1) is 0 Å². The summed E-state index contributed by atoms with van der Waals surface area (Å²) in [6.07, 6.45) is 11.1. The Morgan fingerprint density at radius 2 is 1.61 bits per heavy atom. The van der Waals surface area contributed by atoms with E-state index in [0.717, 1.165) is 25.8 Å². The van der Waals surface area contributed by atoms with Gasteiger partial charge < -0.3 is 4.90 Å². The second-order valence-electron chi connectivity index (χ2n) is 5.42. The Labute approximate surface area is 113 Å². The van der Waals surface area contributed by atoms with Gasteiger partial charge in [0.15, 0.2) is 0 Å². The van der Waals surface area contributed by atoms with E-state index in [1.165, 1.54) is 38.5 Å². The second-order valence-corrected chi connectivity index (χ2v) is 5.42. The molecule has 1 heterocycles. The monoisotopic (exact) mass is 253 g/mol.